The number of benzene rings is 1. The van der Waals surface area contributed by atoms with Gasteiger partial charge < -0.3 is 10.2 Å². The standard InChI is InChI=1S/C11H15NO4S/c13-8-9-5-6-12(7-9)17(15,16)11-4-2-1-3-10(11)14/h1-4,9,13-14H,5-8H2. The van der Waals surface area contributed by atoms with Crippen LogP contribution >= 0.6 is 0 Å². The zero-order valence-corrected chi connectivity index (χ0v) is 10.1. The molecule has 2 N–H and O–H groups in total. The molecule has 94 valence electrons. The molecule has 1 saturated heterocycles. The first-order chi connectivity index (χ1) is 8.05. The quantitative estimate of drug-likeness (QED) is 0.821. The van der Waals surface area contributed by atoms with Crippen molar-refractivity contribution in [3.63, 3.8) is 0 Å². The van der Waals surface area contributed by atoms with E-state index in [4.69, 9.17) is 5.11 Å². The molecule has 1 unspecified atom stereocenters. The lowest BCUT2D eigenvalue weighted by Crippen LogP contribution is -2.29. The van der Waals surface area contributed by atoms with E-state index in [1.165, 1.54) is 16.4 Å². The average molecular weight is 257 g/mol. The summed E-state index contributed by atoms with van der Waals surface area (Å²) in [7, 11) is -3.64. The SMILES string of the molecule is O=S(=O)(c1ccccc1O)N1CCC(CO)C1. The Balaban J connectivity index is 2.29. The Labute approximate surface area is 100 Å². The van der Waals surface area contributed by atoms with Gasteiger partial charge in [0.15, 0.2) is 0 Å². The van der Waals surface area contributed by atoms with E-state index in [0.29, 0.717) is 19.5 Å². The molecule has 0 amide bonds. The molecule has 0 bridgehead atoms. The van der Waals surface area contributed by atoms with Crippen LogP contribution in [0.2, 0.25) is 0 Å². The Morgan fingerprint density at radius 1 is 1.35 bits per heavy atom. The van der Waals surface area contributed by atoms with Crippen LogP contribution in [0.15, 0.2) is 29.2 Å². The molecule has 1 heterocycles. The maximum absolute atomic E-state index is 12.2. The van der Waals surface area contributed by atoms with Gasteiger partial charge in [-0.3, -0.25) is 0 Å². The Hall–Kier alpha value is -1.11. The van der Waals surface area contributed by atoms with Crippen molar-refractivity contribution in [2.75, 3.05) is 19.7 Å². The minimum absolute atomic E-state index is 0.00405. The summed E-state index contributed by atoms with van der Waals surface area (Å²) in [5.41, 5.74) is 0. The number of phenols is 1. The van der Waals surface area contributed by atoms with Gasteiger partial charge in [-0.05, 0) is 24.5 Å². The fourth-order valence-electron chi connectivity index (χ4n) is 1.98. The van der Waals surface area contributed by atoms with E-state index in [9.17, 15) is 13.5 Å². The van der Waals surface area contributed by atoms with Crippen LogP contribution in [0.4, 0.5) is 0 Å². The maximum Gasteiger partial charge on any atom is 0.246 e. The topological polar surface area (TPSA) is 77.8 Å². The van der Waals surface area contributed by atoms with Crippen molar-refractivity contribution in [1.82, 2.24) is 4.31 Å². The Bertz CT molecular complexity index is 500. The van der Waals surface area contributed by atoms with E-state index < -0.39 is 10.0 Å². The number of rotatable bonds is 3. The highest BCUT2D eigenvalue weighted by Crippen LogP contribution is 2.28. The molecule has 0 saturated carbocycles. The van der Waals surface area contributed by atoms with Crippen LogP contribution in [0, 0.1) is 5.92 Å². The van der Waals surface area contributed by atoms with Crippen molar-refractivity contribution in [2.45, 2.75) is 11.3 Å². The molecule has 1 aromatic rings. The largest absolute Gasteiger partial charge is 0.507 e. The van der Waals surface area contributed by atoms with Gasteiger partial charge in [0.2, 0.25) is 10.0 Å². The number of nitrogens with zero attached hydrogens (tertiary/aromatic N) is 1. The van der Waals surface area contributed by atoms with Crippen molar-refractivity contribution < 1.29 is 18.6 Å². The first-order valence-corrected chi connectivity index (χ1v) is 6.88. The van der Waals surface area contributed by atoms with Gasteiger partial charge >= 0.3 is 0 Å². The lowest BCUT2D eigenvalue weighted by Gasteiger charge is -2.16. The molecule has 0 spiro atoms. The van der Waals surface area contributed by atoms with Crippen molar-refractivity contribution in [2.24, 2.45) is 5.92 Å². The summed E-state index contributed by atoms with van der Waals surface area (Å²) in [5.74, 6) is -0.240. The minimum atomic E-state index is -3.64. The van der Waals surface area contributed by atoms with Crippen LogP contribution in [0.3, 0.4) is 0 Å². The van der Waals surface area contributed by atoms with Gasteiger partial charge in [-0.25, -0.2) is 8.42 Å². The number of para-hydroxylation sites is 1. The Morgan fingerprint density at radius 3 is 2.65 bits per heavy atom. The Kier molecular flexibility index (Phi) is 3.37. The molecule has 6 heteroatoms. The molecule has 1 fully saturated rings. The van der Waals surface area contributed by atoms with Crippen LogP contribution < -0.4 is 0 Å². The van der Waals surface area contributed by atoms with Gasteiger partial charge in [0.25, 0.3) is 0 Å². The van der Waals surface area contributed by atoms with E-state index in [2.05, 4.69) is 0 Å². The maximum atomic E-state index is 12.2. The Morgan fingerprint density at radius 2 is 2.06 bits per heavy atom. The van der Waals surface area contributed by atoms with Gasteiger partial charge in [0, 0.05) is 19.7 Å². The molecular weight excluding hydrogens is 242 g/mol. The van der Waals surface area contributed by atoms with Crippen LogP contribution in [0.25, 0.3) is 0 Å². The number of aromatic hydroxyl groups is 1. The highest BCUT2D eigenvalue weighted by molar-refractivity contribution is 7.89. The summed E-state index contributed by atoms with van der Waals surface area (Å²) < 4.78 is 25.7. The van der Waals surface area contributed by atoms with Gasteiger partial charge in [-0.2, -0.15) is 4.31 Å². The van der Waals surface area contributed by atoms with E-state index in [0.717, 1.165) is 0 Å². The van der Waals surface area contributed by atoms with Gasteiger partial charge in [-0.15, -0.1) is 0 Å². The smallest absolute Gasteiger partial charge is 0.246 e. The number of hydrogen-bond donors (Lipinski definition) is 2. The van der Waals surface area contributed by atoms with E-state index >= 15 is 0 Å². The van der Waals surface area contributed by atoms with Crippen LogP contribution in [0.1, 0.15) is 6.42 Å². The molecule has 2 rings (SSSR count). The molecular formula is C11H15NO4S. The highest BCUT2D eigenvalue weighted by atomic mass is 32.2. The molecule has 17 heavy (non-hydrogen) atoms. The monoisotopic (exact) mass is 257 g/mol. The molecule has 1 aliphatic rings. The first-order valence-electron chi connectivity index (χ1n) is 5.44. The van der Waals surface area contributed by atoms with Crippen LogP contribution in [-0.2, 0) is 10.0 Å². The van der Waals surface area contributed by atoms with Gasteiger partial charge in [0.1, 0.15) is 10.6 Å². The number of aliphatic hydroxyl groups is 1. The third-order valence-electron chi connectivity index (χ3n) is 2.99. The van der Waals surface area contributed by atoms with Crippen molar-refractivity contribution in [3.05, 3.63) is 24.3 Å². The van der Waals surface area contributed by atoms with E-state index in [-0.39, 0.29) is 23.2 Å². The van der Waals surface area contributed by atoms with Crippen LogP contribution in [0.5, 0.6) is 5.75 Å². The molecule has 1 aromatic carbocycles. The second-order valence-corrected chi connectivity index (χ2v) is 6.07. The number of aliphatic hydroxyl groups excluding tert-OH is 1. The minimum Gasteiger partial charge on any atom is -0.507 e. The highest BCUT2D eigenvalue weighted by Gasteiger charge is 2.33. The van der Waals surface area contributed by atoms with E-state index in [1.54, 1.807) is 12.1 Å². The second kappa shape index (κ2) is 4.64. The lowest BCUT2D eigenvalue weighted by atomic mass is 10.1. The third kappa shape index (κ3) is 2.29. The zero-order chi connectivity index (χ0) is 12.5. The molecule has 1 aliphatic heterocycles. The lowest BCUT2D eigenvalue weighted by molar-refractivity contribution is 0.233. The number of hydrogen-bond acceptors (Lipinski definition) is 4. The van der Waals surface area contributed by atoms with Crippen LogP contribution in [-0.4, -0.2) is 42.6 Å². The normalized spacial score (nSPS) is 21.8. The summed E-state index contributed by atoms with van der Waals surface area (Å²) in [4.78, 5) is -0.0708. The fraction of sp³-hybridized carbons (Fsp3) is 0.455. The summed E-state index contributed by atoms with van der Waals surface area (Å²) >= 11 is 0. The van der Waals surface area contributed by atoms with Crippen molar-refractivity contribution in [3.8, 4) is 5.75 Å². The molecule has 0 radical (unpaired) electrons. The molecule has 0 aromatic heterocycles. The fourth-order valence-corrected chi connectivity index (χ4v) is 3.59. The molecule has 5 nitrogen and oxygen atoms in total. The van der Waals surface area contributed by atoms with Gasteiger partial charge in [0.05, 0.1) is 0 Å². The predicted octanol–water partition coefficient (Wildman–Crippen LogP) is 0.395. The number of sulfonamides is 1. The summed E-state index contributed by atoms with van der Waals surface area (Å²) in [6, 6.07) is 5.89. The summed E-state index contributed by atoms with van der Waals surface area (Å²) in [6.45, 7) is 0.696. The molecule has 0 aliphatic carbocycles. The zero-order valence-electron chi connectivity index (χ0n) is 9.28. The predicted molar refractivity (Wildman–Crippen MR) is 62.1 cm³/mol. The molecule has 1 atom stereocenters. The first kappa shape index (κ1) is 12.3. The second-order valence-electron chi connectivity index (χ2n) is 4.17. The summed E-state index contributed by atoms with van der Waals surface area (Å²) in [5, 5.41) is 18.6. The van der Waals surface area contributed by atoms with Gasteiger partial charge in [-0.1, -0.05) is 12.1 Å². The third-order valence-corrected chi connectivity index (χ3v) is 4.90. The van der Waals surface area contributed by atoms with E-state index in [1.807, 2.05) is 0 Å². The average Bonchev–Trinajstić information content (AvgIpc) is 2.78. The van der Waals surface area contributed by atoms with Crippen molar-refractivity contribution >= 4 is 10.0 Å². The number of phenolic OH excluding ortho intramolecular Hbond substituents is 1. The van der Waals surface area contributed by atoms with Crippen molar-refractivity contribution in [1.29, 1.82) is 0 Å². The summed E-state index contributed by atoms with van der Waals surface area (Å²) in [6.07, 6.45) is 0.656.